The van der Waals surface area contributed by atoms with Crippen LogP contribution in [0.25, 0.3) is 21.3 Å². The van der Waals surface area contributed by atoms with Gasteiger partial charge in [-0.05, 0) is 43.8 Å². The normalized spacial score (nSPS) is 19.5. The number of fused-ring (bicyclic) bond motifs is 2. The molecule has 0 radical (unpaired) electrons. The van der Waals surface area contributed by atoms with Gasteiger partial charge in [-0.25, -0.2) is 4.98 Å². The van der Waals surface area contributed by atoms with Crippen LogP contribution in [0.1, 0.15) is 47.3 Å². The second-order valence-corrected chi connectivity index (χ2v) is 11.3. The van der Waals surface area contributed by atoms with Crippen molar-refractivity contribution in [1.29, 1.82) is 0 Å². The molecular formula is C27H23ClN4O4S. The Hall–Kier alpha value is -3.27. The van der Waals surface area contributed by atoms with E-state index in [0.717, 1.165) is 68.6 Å². The number of benzene rings is 1. The first-order chi connectivity index (χ1) is 18.0. The molecule has 3 aliphatic heterocycles. The van der Waals surface area contributed by atoms with Crippen LogP contribution in [0, 0.1) is 0 Å². The Labute approximate surface area is 221 Å². The van der Waals surface area contributed by atoms with Crippen molar-refractivity contribution in [1.82, 2.24) is 19.8 Å². The van der Waals surface area contributed by atoms with Gasteiger partial charge in [0.25, 0.3) is 0 Å². The van der Waals surface area contributed by atoms with E-state index < -0.39 is 0 Å². The average Bonchev–Trinajstić information content (AvgIpc) is 3.63. The van der Waals surface area contributed by atoms with Crippen LogP contribution >= 0.6 is 22.9 Å². The van der Waals surface area contributed by atoms with E-state index in [1.165, 1.54) is 29.1 Å². The molecule has 1 aromatic carbocycles. The summed E-state index contributed by atoms with van der Waals surface area (Å²) in [5, 5.41) is 0.631. The summed E-state index contributed by atoms with van der Waals surface area (Å²) >= 11 is 8.12. The second kappa shape index (κ2) is 8.93. The summed E-state index contributed by atoms with van der Waals surface area (Å²) in [4.78, 5) is 37.9. The first-order valence-corrected chi connectivity index (χ1v) is 13.6. The number of thiophene rings is 1. The molecule has 188 valence electrons. The minimum Gasteiger partial charge on any atom is -0.481 e. The third kappa shape index (κ3) is 4.02. The zero-order valence-electron chi connectivity index (χ0n) is 19.9. The predicted molar refractivity (Wildman–Crippen MR) is 138 cm³/mol. The van der Waals surface area contributed by atoms with E-state index in [4.69, 9.17) is 20.8 Å². The second-order valence-electron chi connectivity index (χ2n) is 9.70. The number of hydrogen-bond donors (Lipinski definition) is 0. The lowest BCUT2D eigenvalue weighted by atomic mass is 10.00. The van der Waals surface area contributed by atoms with Gasteiger partial charge in [0.1, 0.15) is 11.4 Å². The van der Waals surface area contributed by atoms with Gasteiger partial charge in [-0.3, -0.25) is 24.4 Å². The summed E-state index contributed by atoms with van der Waals surface area (Å²) in [6, 6.07) is 7.79. The zero-order chi connectivity index (χ0) is 25.1. The molecular weight excluding hydrogens is 512 g/mol. The molecule has 2 saturated heterocycles. The van der Waals surface area contributed by atoms with Crippen LogP contribution in [-0.4, -0.2) is 44.7 Å². The van der Waals surface area contributed by atoms with Gasteiger partial charge in [-0.15, -0.1) is 11.3 Å². The molecule has 4 aromatic rings. The van der Waals surface area contributed by atoms with E-state index in [0.29, 0.717) is 11.4 Å². The number of ether oxygens (including phenoxy) is 1. The molecule has 0 spiro atoms. The van der Waals surface area contributed by atoms with Gasteiger partial charge < -0.3 is 9.15 Å². The highest BCUT2D eigenvalue weighted by molar-refractivity contribution is 7.19. The Balaban J connectivity index is 1.23. The molecule has 2 amide bonds. The van der Waals surface area contributed by atoms with Gasteiger partial charge >= 0.3 is 0 Å². The number of amides is 2. The number of rotatable bonds is 6. The standard InChI is InChI=1S/C27H23ClN4O4S/c28-16-8-15-9-22(26-21(30-14-35-26)13-31-6-1-7-31)36-25(15)19(10-16)18-4-5-29-20-11-17(37-27(18)20)12-32-23(33)2-3-24(32)34/h4-5,8,10-11,14,22H,1-3,6-7,9,12-13H2/t22-/m1/s1. The number of halogens is 1. The van der Waals surface area contributed by atoms with Gasteiger partial charge in [-0.1, -0.05) is 11.6 Å². The first kappa shape index (κ1) is 22.9. The smallest absolute Gasteiger partial charge is 0.230 e. The Morgan fingerprint density at radius 3 is 2.68 bits per heavy atom. The molecule has 0 unspecified atom stereocenters. The van der Waals surface area contributed by atoms with Gasteiger partial charge in [0.2, 0.25) is 11.8 Å². The van der Waals surface area contributed by atoms with Crippen molar-refractivity contribution in [3.05, 3.63) is 63.8 Å². The van der Waals surface area contributed by atoms with Crippen molar-refractivity contribution in [2.75, 3.05) is 13.1 Å². The minimum absolute atomic E-state index is 0.122. The summed E-state index contributed by atoms with van der Waals surface area (Å²) < 4.78 is 13.3. The number of nitrogens with zero attached hydrogens (tertiary/aromatic N) is 4. The van der Waals surface area contributed by atoms with Gasteiger partial charge in [0, 0.05) is 58.6 Å². The molecule has 3 aromatic heterocycles. The molecule has 0 saturated carbocycles. The summed E-state index contributed by atoms with van der Waals surface area (Å²) in [6.07, 6.45) is 5.43. The Morgan fingerprint density at radius 2 is 1.89 bits per heavy atom. The molecule has 37 heavy (non-hydrogen) atoms. The fraction of sp³-hybridized carbons (Fsp3) is 0.333. The molecule has 8 nitrogen and oxygen atoms in total. The van der Waals surface area contributed by atoms with E-state index in [9.17, 15) is 9.59 Å². The molecule has 0 aliphatic carbocycles. The van der Waals surface area contributed by atoms with Gasteiger partial charge in [-0.2, -0.15) is 0 Å². The van der Waals surface area contributed by atoms with E-state index in [1.54, 1.807) is 6.20 Å². The topological polar surface area (TPSA) is 88.8 Å². The van der Waals surface area contributed by atoms with Gasteiger partial charge in [0.05, 0.1) is 16.8 Å². The maximum Gasteiger partial charge on any atom is 0.230 e. The Kier molecular flexibility index (Phi) is 5.53. The zero-order valence-corrected chi connectivity index (χ0v) is 21.5. The molecule has 1 atom stereocenters. The first-order valence-electron chi connectivity index (χ1n) is 12.4. The van der Waals surface area contributed by atoms with Crippen molar-refractivity contribution in [2.24, 2.45) is 0 Å². The van der Waals surface area contributed by atoms with Crippen LogP contribution in [-0.2, 0) is 29.1 Å². The number of hydrogen-bond acceptors (Lipinski definition) is 8. The van der Waals surface area contributed by atoms with Crippen LogP contribution in [0.2, 0.25) is 5.02 Å². The fourth-order valence-corrected chi connectivity index (χ4v) is 6.69. The van der Waals surface area contributed by atoms with E-state index in [1.807, 2.05) is 24.3 Å². The molecule has 7 rings (SSSR count). The molecule has 0 N–H and O–H groups in total. The SMILES string of the molecule is O=C1CCC(=O)N1Cc1cc2nccc(-c3cc(Cl)cc4c3O[C@@H](c3ocnc3CN3CCC3)C4)c2s1. The molecule has 10 heteroatoms. The predicted octanol–water partition coefficient (Wildman–Crippen LogP) is 5.14. The number of aromatic nitrogens is 2. The average molecular weight is 535 g/mol. The monoisotopic (exact) mass is 534 g/mol. The maximum absolute atomic E-state index is 12.1. The van der Waals surface area contributed by atoms with E-state index in [-0.39, 0.29) is 37.3 Å². The fourth-order valence-electron chi connectivity index (χ4n) is 5.31. The van der Waals surface area contributed by atoms with Crippen LogP contribution < -0.4 is 4.74 Å². The number of oxazole rings is 1. The summed E-state index contributed by atoms with van der Waals surface area (Å²) in [6.45, 7) is 3.20. The van der Waals surface area contributed by atoms with Crippen LogP contribution in [0.4, 0.5) is 0 Å². The lowest BCUT2D eigenvalue weighted by Crippen LogP contribution is -2.36. The number of imide groups is 1. The van der Waals surface area contributed by atoms with E-state index in [2.05, 4.69) is 14.9 Å². The van der Waals surface area contributed by atoms with Crippen LogP contribution in [0.5, 0.6) is 5.75 Å². The quantitative estimate of drug-likeness (QED) is 0.317. The highest BCUT2D eigenvalue weighted by Gasteiger charge is 2.34. The number of pyridine rings is 1. The van der Waals surface area contributed by atoms with Gasteiger partial charge in [0.15, 0.2) is 18.3 Å². The third-order valence-electron chi connectivity index (χ3n) is 7.31. The highest BCUT2D eigenvalue weighted by Crippen LogP contribution is 2.48. The minimum atomic E-state index is -0.269. The molecule has 3 aliphatic rings. The summed E-state index contributed by atoms with van der Waals surface area (Å²) in [7, 11) is 0. The lowest BCUT2D eigenvalue weighted by Gasteiger charge is -2.30. The van der Waals surface area contributed by atoms with Crippen LogP contribution in [0.3, 0.4) is 0 Å². The van der Waals surface area contributed by atoms with Crippen LogP contribution in [0.15, 0.2) is 41.3 Å². The largest absolute Gasteiger partial charge is 0.481 e. The molecule has 0 bridgehead atoms. The van der Waals surface area contributed by atoms with Crippen molar-refractivity contribution >= 4 is 45.0 Å². The number of carbonyl (C=O) groups excluding carboxylic acids is 2. The lowest BCUT2D eigenvalue weighted by molar-refractivity contribution is -0.138. The maximum atomic E-state index is 12.1. The van der Waals surface area contributed by atoms with E-state index >= 15 is 0 Å². The summed E-state index contributed by atoms with van der Waals surface area (Å²) in [5.41, 5.74) is 4.60. The van der Waals surface area contributed by atoms with Crippen molar-refractivity contribution < 1.29 is 18.7 Å². The third-order valence-corrected chi connectivity index (χ3v) is 8.67. The number of likely N-dealkylation sites (tertiary alicyclic amines) is 2. The Bertz CT molecular complexity index is 1540. The highest BCUT2D eigenvalue weighted by atomic mass is 35.5. The molecule has 6 heterocycles. The van der Waals surface area contributed by atoms with Crippen molar-refractivity contribution in [3.8, 4) is 16.9 Å². The Morgan fingerprint density at radius 1 is 1.05 bits per heavy atom. The van der Waals surface area contributed by atoms with Crippen molar-refractivity contribution in [2.45, 2.75) is 44.9 Å². The molecule has 2 fully saturated rings. The van der Waals surface area contributed by atoms with Crippen molar-refractivity contribution in [3.63, 3.8) is 0 Å². The summed E-state index contributed by atoms with van der Waals surface area (Å²) in [5.74, 6) is 1.31. The number of carbonyl (C=O) groups is 2.